The first-order valence-corrected chi connectivity index (χ1v) is 12.0. The zero-order valence-corrected chi connectivity index (χ0v) is 21.5. The van der Waals surface area contributed by atoms with E-state index in [0.717, 1.165) is 51.3 Å². The van der Waals surface area contributed by atoms with E-state index in [1.165, 1.54) is 11.1 Å². The summed E-state index contributed by atoms with van der Waals surface area (Å²) < 4.78 is 0. The molecule has 1 unspecified atom stereocenters. The highest BCUT2D eigenvalue weighted by molar-refractivity contribution is 6.55. The molecule has 1 spiro atoms. The Morgan fingerprint density at radius 1 is 1.03 bits per heavy atom. The molecule has 1 aliphatic heterocycles. The van der Waals surface area contributed by atoms with Crippen LogP contribution in [0.5, 0.6) is 0 Å². The Bertz CT molecular complexity index is 1330. The van der Waals surface area contributed by atoms with Crippen molar-refractivity contribution < 1.29 is 0 Å². The molecular formula is C33H34N2. The Hall–Kier alpha value is -3.96. The molecular weight excluding hydrogens is 424 g/mol. The van der Waals surface area contributed by atoms with Gasteiger partial charge in [-0.2, -0.15) is 0 Å². The number of allylic oxidation sites excluding steroid dienone is 6. The number of aryl methyl sites for hydroxylation is 2. The summed E-state index contributed by atoms with van der Waals surface area (Å²) >= 11 is 0. The van der Waals surface area contributed by atoms with Gasteiger partial charge in [0.25, 0.3) is 0 Å². The average Bonchev–Trinajstić information content (AvgIpc) is 3.36. The SMILES string of the molecule is C#CC.C=CC1=C(C=C)C2(N=C(C(/C=C\C)=C/CC)C(c3ccc(C)cc3)=N2)c2cc(C)ccc21. The Labute approximate surface area is 210 Å². The monoisotopic (exact) mass is 458 g/mol. The van der Waals surface area contributed by atoms with Gasteiger partial charge in [0.15, 0.2) is 0 Å². The minimum Gasteiger partial charge on any atom is -0.243 e. The van der Waals surface area contributed by atoms with Crippen LogP contribution in [0.25, 0.3) is 5.57 Å². The predicted octanol–water partition coefficient (Wildman–Crippen LogP) is 8.09. The fourth-order valence-electron chi connectivity index (χ4n) is 4.58. The summed E-state index contributed by atoms with van der Waals surface area (Å²) in [5.41, 5.74) is 9.84. The number of benzene rings is 2. The summed E-state index contributed by atoms with van der Waals surface area (Å²) in [5.74, 6) is 2.25. The zero-order chi connectivity index (χ0) is 25.6. The van der Waals surface area contributed by atoms with E-state index in [0.29, 0.717) is 0 Å². The molecule has 2 aromatic carbocycles. The molecule has 2 aromatic rings. The highest BCUT2D eigenvalue weighted by Crippen LogP contribution is 2.52. The van der Waals surface area contributed by atoms with Crippen molar-refractivity contribution in [1.29, 1.82) is 0 Å². The van der Waals surface area contributed by atoms with Gasteiger partial charge >= 0.3 is 0 Å². The van der Waals surface area contributed by atoms with Crippen LogP contribution in [0.1, 0.15) is 55.0 Å². The van der Waals surface area contributed by atoms with Crippen LogP contribution in [0.4, 0.5) is 0 Å². The van der Waals surface area contributed by atoms with Gasteiger partial charge < -0.3 is 0 Å². The molecule has 0 fully saturated rings. The fourth-order valence-corrected chi connectivity index (χ4v) is 4.58. The van der Waals surface area contributed by atoms with Gasteiger partial charge in [0.05, 0.1) is 11.4 Å². The van der Waals surface area contributed by atoms with E-state index in [2.05, 4.69) is 107 Å². The van der Waals surface area contributed by atoms with Crippen molar-refractivity contribution in [2.24, 2.45) is 9.98 Å². The summed E-state index contributed by atoms with van der Waals surface area (Å²) in [6, 6.07) is 15.0. The van der Waals surface area contributed by atoms with E-state index in [1.807, 2.05) is 19.1 Å². The van der Waals surface area contributed by atoms with E-state index < -0.39 is 5.66 Å². The molecule has 0 bridgehead atoms. The van der Waals surface area contributed by atoms with Crippen LogP contribution >= 0.6 is 0 Å². The lowest BCUT2D eigenvalue weighted by Gasteiger charge is -2.21. The van der Waals surface area contributed by atoms with Gasteiger partial charge in [-0.25, -0.2) is 9.98 Å². The zero-order valence-electron chi connectivity index (χ0n) is 21.5. The molecule has 0 N–H and O–H groups in total. The van der Waals surface area contributed by atoms with Crippen LogP contribution in [0.2, 0.25) is 0 Å². The van der Waals surface area contributed by atoms with Gasteiger partial charge in [-0.3, -0.25) is 0 Å². The first kappa shape index (κ1) is 25.7. The summed E-state index contributed by atoms with van der Waals surface area (Å²) in [4.78, 5) is 10.8. The van der Waals surface area contributed by atoms with Gasteiger partial charge in [-0.1, -0.05) is 104 Å². The average molecular weight is 459 g/mol. The lowest BCUT2D eigenvalue weighted by molar-refractivity contribution is 0.600. The van der Waals surface area contributed by atoms with Crippen LogP contribution in [-0.4, -0.2) is 11.4 Å². The number of terminal acetylenes is 1. The summed E-state index contributed by atoms with van der Waals surface area (Å²) in [6.07, 6.45) is 15.7. The number of rotatable bonds is 6. The van der Waals surface area contributed by atoms with Crippen LogP contribution < -0.4 is 0 Å². The first-order chi connectivity index (χ1) is 16.9. The lowest BCUT2D eigenvalue weighted by atomic mass is 9.95. The molecule has 0 saturated carbocycles. The van der Waals surface area contributed by atoms with Crippen LogP contribution in [0.3, 0.4) is 0 Å². The fraction of sp³-hybridized carbons (Fsp3) is 0.212. The molecule has 0 saturated heterocycles. The highest BCUT2D eigenvalue weighted by Gasteiger charge is 2.47. The third-order valence-electron chi connectivity index (χ3n) is 6.06. The topological polar surface area (TPSA) is 24.7 Å². The van der Waals surface area contributed by atoms with Crippen molar-refractivity contribution in [1.82, 2.24) is 0 Å². The molecule has 2 aliphatic rings. The van der Waals surface area contributed by atoms with Crippen molar-refractivity contribution in [2.45, 2.75) is 46.7 Å². The van der Waals surface area contributed by atoms with Gasteiger partial charge in [-0.05, 0) is 50.8 Å². The Morgan fingerprint density at radius 2 is 1.69 bits per heavy atom. The maximum atomic E-state index is 5.39. The quantitative estimate of drug-likeness (QED) is 0.309. The number of nitrogens with zero attached hydrogens (tertiary/aromatic N) is 2. The Morgan fingerprint density at radius 3 is 2.26 bits per heavy atom. The summed E-state index contributed by atoms with van der Waals surface area (Å²) in [7, 11) is 0. The lowest BCUT2D eigenvalue weighted by Crippen LogP contribution is -2.19. The van der Waals surface area contributed by atoms with E-state index in [4.69, 9.17) is 9.98 Å². The summed E-state index contributed by atoms with van der Waals surface area (Å²) in [6.45, 7) is 18.3. The standard InChI is InChI=1S/C30H30N2.C3H4/c1-7-11-22(12-8-2)28-29(23-16-13-20(5)14-17-23)32-30(31-28)26(10-4)24(9-3)25-18-15-21(6)19-27(25)30;1-3-2/h7,9-19H,3-4,8H2,1-2,5-6H3;1H,2H3/b11-7-,22-12+;. The molecule has 1 aliphatic carbocycles. The maximum absolute atomic E-state index is 5.39. The Kier molecular flexibility index (Phi) is 8.05. The molecule has 35 heavy (non-hydrogen) atoms. The van der Waals surface area contributed by atoms with Crippen molar-refractivity contribution in [3.8, 4) is 12.3 Å². The van der Waals surface area contributed by atoms with Crippen LogP contribution in [-0.2, 0) is 5.66 Å². The third-order valence-corrected chi connectivity index (χ3v) is 6.06. The number of hydrogen-bond acceptors (Lipinski definition) is 2. The molecule has 2 nitrogen and oxygen atoms in total. The minimum atomic E-state index is -0.837. The van der Waals surface area contributed by atoms with Crippen molar-refractivity contribution in [3.63, 3.8) is 0 Å². The molecule has 176 valence electrons. The molecule has 1 heterocycles. The van der Waals surface area contributed by atoms with E-state index in [-0.39, 0.29) is 0 Å². The Balaban J connectivity index is 0.00000108. The van der Waals surface area contributed by atoms with Crippen LogP contribution in [0, 0.1) is 26.2 Å². The normalized spacial score (nSPS) is 18.6. The second kappa shape index (κ2) is 11.0. The maximum Gasteiger partial charge on any atom is 0.204 e. The van der Waals surface area contributed by atoms with E-state index >= 15 is 0 Å². The van der Waals surface area contributed by atoms with Gasteiger partial charge in [0, 0.05) is 16.7 Å². The van der Waals surface area contributed by atoms with Crippen molar-refractivity contribution in [3.05, 3.63) is 125 Å². The predicted molar refractivity (Wildman–Crippen MR) is 153 cm³/mol. The largest absolute Gasteiger partial charge is 0.243 e. The van der Waals surface area contributed by atoms with Gasteiger partial charge in [-0.15, -0.1) is 12.3 Å². The molecule has 1 atom stereocenters. The van der Waals surface area contributed by atoms with Gasteiger partial charge in [0.1, 0.15) is 0 Å². The number of aliphatic imine (C=N–C) groups is 2. The molecule has 0 radical (unpaired) electrons. The first-order valence-electron chi connectivity index (χ1n) is 12.0. The highest BCUT2D eigenvalue weighted by atomic mass is 15.2. The minimum absolute atomic E-state index is 0.837. The van der Waals surface area contributed by atoms with E-state index in [1.54, 1.807) is 6.92 Å². The molecule has 2 heteroatoms. The van der Waals surface area contributed by atoms with Gasteiger partial charge in [0.2, 0.25) is 5.66 Å². The molecule has 4 rings (SSSR count). The number of fused-ring (bicyclic) bond motifs is 2. The number of hydrogen-bond donors (Lipinski definition) is 0. The van der Waals surface area contributed by atoms with E-state index in [9.17, 15) is 0 Å². The van der Waals surface area contributed by atoms with Crippen molar-refractivity contribution >= 4 is 17.0 Å². The summed E-state index contributed by atoms with van der Waals surface area (Å²) in [5, 5.41) is 0. The third kappa shape index (κ3) is 4.68. The van der Waals surface area contributed by atoms with Crippen LogP contribution in [0.15, 0.2) is 107 Å². The molecule has 0 amide bonds. The smallest absolute Gasteiger partial charge is 0.204 e. The van der Waals surface area contributed by atoms with Crippen molar-refractivity contribution in [2.75, 3.05) is 0 Å². The second-order valence-electron chi connectivity index (χ2n) is 8.60. The molecule has 0 aromatic heterocycles. The second-order valence-corrected chi connectivity index (χ2v) is 8.60.